The predicted molar refractivity (Wildman–Crippen MR) is 74.0 cm³/mol. The molecular weight excluding hydrogens is 240 g/mol. The van der Waals surface area contributed by atoms with Crippen molar-refractivity contribution in [1.29, 1.82) is 5.26 Å². The van der Waals surface area contributed by atoms with Gasteiger partial charge in [-0.2, -0.15) is 5.26 Å². The molecule has 1 saturated heterocycles. The van der Waals surface area contributed by atoms with Crippen LogP contribution in [0.15, 0.2) is 12.1 Å². The Morgan fingerprint density at radius 2 is 2.21 bits per heavy atom. The van der Waals surface area contributed by atoms with Gasteiger partial charge in [-0.1, -0.05) is 0 Å². The highest BCUT2D eigenvalue weighted by Gasteiger charge is 2.14. The Bertz CT molecular complexity index is 463. The van der Waals surface area contributed by atoms with Crippen LogP contribution in [-0.4, -0.2) is 48.8 Å². The number of nitrogens with zero attached hydrogens (tertiary/aromatic N) is 3. The first kappa shape index (κ1) is 13.8. The molecule has 102 valence electrons. The zero-order valence-electron chi connectivity index (χ0n) is 11.5. The highest BCUT2D eigenvalue weighted by molar-refractivity contribution is 5.44. The van der Waals surface area contributed by atoms with Crippen molar-refractivity contribution in [2.75, 3.05) is 38.2 Å². The number of ether oxygens (including phenoxy) is 1. The van der Waals surface area contributed by atoms with E-state index in [9.17, 15) is 0 Å². The third-order valence-electron chi connectivity index (χ3n) is 3.11. The Labute approximate surface area is 114 Å². The molecule has 0 spiro atoms. The lowest BCUT2D eigenvalue weighted by Crippen LogP contribution is -2.42. The van der Waals surface area contributed by atoms with Crippen LogP contribution in [0.25, 0.3) is 0 Å². The van der Waals surface area contributed by atoms with Crippen molar-refractivity contribution in [1.82, 2.24) is 9.88 Å². The highest BCUT2D eigenvalue weighted by Crippen LogP contribution is 2.11. The van der Waals surface area contributed by atoms with Gasteiger partial charge in [0, 0.05) is 31.4 Å². The summed E-state index contributed by atoms with van der Waals surface area (Å²) in [7, 11) is 0. The fraction of sp³-hybridized carbons (Fsp3) is 0.571. The van der Waals surface area contributed by atoms with Crippen LogP contribution in [0.4, 0.5) is 5.82 Å². The van der Waals surface area contributed by atoms with Gasteiger partial charge < -0.3 is 10.1 Å². The van der Waals surface area contributed by atoms with Crippen molar-refractivity contribution < 1.29 is 4.74 Å². The van der Waals surface area contributed by atoms with Crippen LogP contribution in [0.5, 0.6) is 0 Å². The van der Waals surface area contributed by atoms with Gasteiger partial charge in [0.05, 0.1) is 24.8 Å². The maximum absolute atomic E-state index is 8.95. The number of rotatable bonds is 4. The molecule has 0 aromatic carbocycles. The first-order valence-electron chi connectivity index (χ1n) is 6.63. The molecule has 1 aromatic heterocycles. The average Bonchev–Trinajstić information content (AvgIpc) is 2.38. The molecule has 0 bridgehead atoms. The van der Waals surface area contributed by atoms with E-state index in [0.29, 0.717) is 11.6 Å². The second-order valence-electron chi connectivity index (χ2n) is 4.95. The molecule has 1 aliphatic heterocycles. The number of aryl methyl sites for hydroxylation is 1. The van der Waals surface area contributed by atoms with E-state index in [1.807, 2.05) is 6.92 Å². The molecule has 5 heteroatoms. The van der Waals surface area contributed by atoms with Gasteiger partial charge in [0.25, 0.3) is 0 Å². The molecule has 5 nitrogen and oxygen atoms in total. The van der Waals surface area contributed by atoms with E-state index in [4.69, 9.17) is 10.00 Å². The molecule has 1 atom stereocenters. The van der Waals surface area contributed by atoms with Crippen molar-refractivity contribution >= 4 is 5.82 Å². The van der Waals surface area contributed by atoms with E-state index < -0.39 is 0 Å². The van der Waals surface area contributed by atoms with Gasteiger partial charge in [-0.05, 0) is 26.0 Å². The summed E-state index contributed by atoms with van der Waals surface area (Å²) in [5.41, 5.74) is 1.51. The normalized spacial score (nSPS) is 17.7. The number of morpholine rings is 1. The number of hydrogen-bond donors (Lipinski definition) is 1. The first-order chi connectivity index (χ1) is 9.17. The Balaban J connectivity index is 1.92. The zero-order valence-corrected chi connectivity index (χ0v) is 11.5. The molecule has 1 aliphatic rings. The summed E-state index contributed by atoms with van der Waals surface area (Å²) in [6.07, 6.45) is 0. The summed E-state index contributed by atoms with van der Waals surface area (Å²) >= 11 is 0. The van der Waals surface area contributed by atoms with Gasteiger partial charge in [-0.25, -0.2) is 4.98 Å². The lowest BCUT2D eigenvalue weighted by atomic mass is 10.2. The monoisotopic (exact) mass is 260 g/mol. The minimum absolute atomic E-state index is 0.291. The molecule has 1 fully saturated rings. The minimum atomic E-state index is 0.291. The lowest BCUT2D eigenvalue weighted by Gasteiger charge is -2.29. The molecule has 19 heavy (non-hydrogen) atoms. The van der Waals surface area contributed by atoms with Gasteiger partial charge in [0.15, 0.2) is 0 Å². The Morgan fingerprint density at radius 1 is 1.47 bits per heavy atom. The van der Waals surface area contributed by atoms with E-state index >= 15 is 0 Å². The number of hydrogen-bond acceptors (Lipinski definition) is 5. The lowest BCUT2D eigenvalue weighted by molar-refractivity contribution is 0.0368. The number of aromatic nitrogens is 1. The van der Waals surface area contributed by atoms with Crippen LogP contribution in [0.2, 0.25) is 0 Å². The molecule has 1 unspecified atom stereocenters. The van der Waals surface area contributed by atoms with Crippen LogP contribution >= 0.6 is 0 Å². The number of pyridine rings is 1. The molecule has 0 saturated carbocycles. The van der Waals surface area contributed by atoms with E-state index in [1.165, 1.54) is 0 Å². The zero-order chi connectivity index (χ0) is 13.7. The summed E-state index contributed by atoms with van der Waals surface area (Å²) in [5.74, 6) is 0.775. The third-order valence-corrected chi connectivity index (χ3v) is 3.11. The van der Waals surface area contributed by atoms with Gasteiger partial charge in [-0.3, -0.25) is 4.90 Å². The van der Waals surface area contributed by atoms with Crippen LogP contribution in [0.1, 0.15) is 18.2 Å². The number of nitrogens with one attached hydrogen (secondary N) is 1. The van der Waals surface area contributed by atoms with E-state index in [1.54, 1.807) is 12.1 Å². The summed E-state index contributed by atoms with van der Waals surface area (Å²) in [6, 6.07) is 6.03. The first-order valence-corrected chi connectivity index (χ1v) is 6.63. The highest BCUT2D eigenvalue weighted by atomic mass is 16.5. The topological polar surface area (TPSA) is 61.2 Å². The average molecular weight is 260 g/mol. The SMILES string of the molecule is Cc1cc(C#N)cc(NC(C)CN2CCOCC2)n1. The third kappa shape index (κ3) is 4.19. The fourth-order valence-corrected chi connectivity index (χ4v) is 2.28. The smallest absolute Gasteiger partial charge is 0.127 e. The van der Waals surface area contributed by atoms with Gasteiger partial charge in [-0.15, -0.1) is 0 Å². The van der Waals surface area contributed by atoms with E-state index in [0.717, 1.165) is 44.4 Å². The van der Waals surface area contributed by atoms with E-state index in [2.05, 4.69) is 28.2 Å². The van der Waals surface area contributed by atoms with Gasteiger partial charge in [0.2, 0.25) is 0 Å². The molecule has 0 aliphatic carbocycles. The fourth-order valence-electron chi connectivity index (χ4n) is 2.28. The van der Waals surface area contributed by atoms with Crippen LogP contribution in [-0.2, 0) is 4.74 Å². The van der Waals surface area contributed by atoms with Crippen LogP contribution < -0.4 is 5.32 Å². The standard InChI is InChI=1S/C14H20N4O/c1-11-7-13(9-15)8-14(16-11)17-12(2)10-18-3-5-19-6-4-18/h7-8,12H,3-6,10H2,1-2H3,(H,16,17). The summed E-state index contributed by atoms with van der Waals surface area (Å²) < 4.78 is 5.34. The quantitative estimate of drug-likeness (QED) is 0.886. The largest absolute Gasteiger partial charge is 0.379 e. The molecule has 2 rings (SSSR count). The number of nitriles is 1. The van der Waals surface area contributed by atoms with Gasteiger partial charge >= 0.3 is 0 Å². The minimum Gasteiger partial charge on any atom is -0.379 e. The second-order valence-corrected chi connectivity index (χ2v) is 4.95. The van der Waals surface area contributed by atoms with Crippen molar-refractivity contribution in [3.8, 4) is 6.07 Å². The predicted octanol–water partition coefficient (Wildman–Crippen LogP) is 1.39. The van der Waals surface area contributed by atoms with Crippen LogP contribution in [0, 0.1) is 18.3 Å². The number of anilines is 1. The molecule has 1 aromatic rings. The van der Waals surface area contributed by atoms with Crippen molar-refractivity contribution in [3.05, 3.63) is 23.4 Å². The maximum atomic E-state index is 8.95. The summed E-state index contributed by atoms with van der Waals surface area (Å²) in [5, 5.41) is 12.3. The van der Waals surface area contributed by atoms with Crippen molar-refractivity contribution in [2.24, 2.45) is 0 Å². The van der Waals surface area contributed by atoms with E-state index in [-0.39, 0.29) is 0 Å². The molecule has 0 amide bonds. The van der Waals surface area contributed by atoms with Crippen LogP contribution in [0.3, 0.4) is 0 Å². The summed E-state index contributed by atoms with van der Waals surface area (Å²) in [4.78, 5) is 6.79. The molecule has 1 N–H and O–H groups in total. The molecule has 2 heterocycles. The Hall–Kier alpha value is -1.64. The molecular formula is C14H20N4O. The summed E-state index contributed by atoms with van der Waals surface area (Å²) in [6.45, 7) is 8.58. The molecule has 0 radical (unpaired) electrons. The van der Waals surface area contributed by atoms with Gasteiger partial charge in [0.1, 0.15) is 5.82 Å². The van der Waals surface area contributed by atoms with Crippen molar-refractivity contribution in [3.63, 3.8) is 0 Å². The maximum Gasteiger partial charge on any atom is 0.127 e. The Morgan fingerprint density at radius 3 is 2.89 bits per heavy atom. The Kier molecular flexibility index (Phi) is 4.72. The second kappa shape index (κ2) is 6.50. The van der Waals surface area contributed by atoms with Crippen molar-refractivity contribution in [2.45, 2.75) is 19.9 Å².